The summed E-state index contributed by atoms with van der Waals surface area (Å²) in [6, 6.07) is 4.88. The fraction of sp³-hybridized carbons (Fsp3) is 0.538. The van der Waals surface area contributed by atoms with Crippen LogP contribution in [-0.2, 0) is 9.84 Å². The van der Waals surface area contributed by atoms with Crippen molar-refractivity contribution in [2.24, 2.45) is 5.92 Å². The molecule has 1 aromatic carbocycles. The van der Waals surface area contributed by atoms with Gasteiger partial charge in [-0.3, -0.25) is 0 Å². The van der Waals surface area contributed by atoms with Gasteiger partial charge in [-0.1, -0.05) is 20.8 Å². The van der Waals surface area contributed by atoms with Gasteiger partial charge in [-0.15, -0.1) is 0 Å². The summed E-state index contributed by atoms with van der Waals surface area (Å²) < 4.78 is 37.1. The molecule has 0 bridgehead atoms. The zero-order valence-corrected chi connectivity index (χ0v) is 11.8. The van der Waals surface area contributed by atoms with E-state index >= 15 is 0 Å². The third-order valence-corrected chi connectivity index (χ3v) is 4.63. The average Bonchev–Trinajstić information content (AvgIpc) is 2.28. The van der Waals surface area contributed by atoms with Gasteiger partial charge in [0, 0.05) is 6.04 Å². The Balaban J connectivity index is 2.89. The summed E-state index contributed by atoms with van der Waals surface area (Å²) in [6.07, 6.45) is 0. The maximum absolute atomic E-state index is 12.8. The Hall–Kier alpha value is -0.940. The summed E-state index contributed by atoms with van der Waals surface area (Å²) >= 11 is 0. The van der Waals surface area contributed by atoms with Gasteiger partial charge in [-0.25, -0.2) is 12.8 Å². The lowest BCUT2D eigenvalue weighted by molar-refractivity contribution is 0.435. The van der Waals surface area contributed by atoms with Crippen LogP contribution in [-0.4, -0.2) is 26.8 Å². The Morgan fingerprint density at radius 2 is 1.78 bits per heavy atom. The Labute approximate surface area is 108 Å². The minimum atomic E-state index is -3.37. The van der Waals surface area contributed by atoms with Crippen LogP contribution in [0, 0.1) is 11.7 Å². The van der Waals surface area contributed by atoms with E-state index in [0.29, 0.717) is 0 Å². The maximum atomic E-state index is 12.8. The van der Waals surface area contributed by atoms with Crippen molar-refractivity contribution in [1.82, 2.24) is 5.32 Å². The molecular formula is C13H20FNO2S. The predicted octanol–water partition coefficient (Wildman–Crippen LogP) is 2.23. The summed E-state index contributed by atoms with van der Waals surface area (Å²) in [4.78, 5) is 0.174. The highest BCUT2D eigenvalue weighted by molar-refractivity contribution is 7.91. The van der Waals surface area contributed by atoms with Gasteiger partial charge in [-0.2, -0.15) is 0 Å². The van der Waals surface area contributed by atoms with Gasteiger partial charge in [0.25, 0.3) is 0 Å². The van der Waals surface area contributed by atoms with Crippen LogP contribution in [0.4, 0.5) is 4.39 Å². The molecule has 1 unspecified atom stereocenters. The lowest BCUT2D eigenvalue weighted by atomic mass is 10.1. The number of halogens is 1. The molecule has 1 aromatic rings. The Morgan fingerprint density at radius 1 is 1.22 bits per heavy atom. The van der Waals surface area contributed by atoms with Crippen LogP contribution in [0.2, 0.25) is 0 Å². The standard InChI is InChI=1S/C13H20FNO2S/c1-4-15-13(10(2)3)9-18(16,17)12-7-5-11(14)6-8-12/h5-8,10,13,15H,4,9H2,1-3H3. The number of benzene rings is 1. The number of rotatable bonds is 6. The molecule has 1 rings (SSSR count). The third kappa shape index (κ3) is 4.07. The highest BCUT2D eigenvalue weighted by atomic mass is 32.2. The number of hydrogen-bond donors (Lipinski definition) is 1. The molecule has 0 radical (unpaired) electrons. The molecule has 0 saturated heterocycles. The second kappa shape index (κ2) is 6.29. The first-order chi connectivity index (χ1) is 8.36. The minimum absolute atomic E-state index is 0.0319. The summed E-state index contributed by atoms with van der Waals surface area (Å²) in [6.45, 7) is 6.63. The van der Waals surface area contributed by atoms with E-state index in [9.17, 15) is 12.8 Å². The van der Waals surface area contributed by atoms with Crippen LogP contribution in [0.3, 0.4) is 0 Å². The van der Waals surface area contributed by atoms with Crippen molar-refractivity contribution in [1.29, 1.82) is 0 Å². The zero-order valence-electron chi connectivity index (χ0n) is 11.0. The topological polar surface area (TPSA) is 46.2 Å². The van der Waals surface area contributed by atoms with Gasteiger partial charge < -0.3 is 5.32 Å². The fourth-order valence-electron chi connectivity index (χ4n) is 1.72. The molecular weight excluding hydrogens is 253 g/mol. The van der Waals surface area contributed by atoms with E-state index in [1.54, 1.807) is 0 Å². The molecule has 102 valence electrons. The summed E-state index contributed by atoms with van der Waals surface area (Å²) in [5.74, 6) is -0.175. The van der Waals surface area contributed by atoms with Crippen molar-refractivity contribution in [3.05, 3.63) is 30.1 Å². The first-order valence-corrected chi connectivity index (χ1v) is 7.73. The van der Waals surface area contributed by atoms with Gasteiger partial charge >= 0.3 is 0 Å². The van der Waals surface area contributed by atoms with Crippen molar-refractivity contribution in [3.8, 4) is 0 Å². The summed E-state index contributed by atoms with van der Waals surface area (Å²) in [5, 5.41) is 3.17. The van der Waals surface area contributed by atoms with E-state index in [1.807, 2.05) is 20.8 Å². The number of hydrogen-bond acceptors (Lipinski definition) is 3. The molecule has 1 N–H and O–H groups in total. The molecule has 0 aliphatic heterocycles. The Morgan fingerprint density at radius 3 is 2.22 bits per heavy atom. The lowest BCUT2D eigenvalue weighted by Gasteiger charge is -2.21. The van der Waals surface area contributed by atoms with E-state index < -0.39 is 15.7 Å². The van der Waals surface area contributed by atoms with Crippen molar-refractivity contribution >= 4 is 9.84 Å². The second-order valence-corrected chi connectivity index (χ2v) is 6.68. The van der Waals surface area contributed by atoms with E-state index in [0.717, 1.165) is 6.54 Å². The van der Waals surface area contributed by atoms with Gasteiger partial charge in [-0.05, 0) is 36.7 Å². The van der Waals surface area contributed by atoms with E-state index in [4.69, 9.17) is 0 Å². The average molecular weight is 273 g/mol. The van der Waals surface area contributed by atoms with Gasteiger partial charge in [0.15, 0.2) is 9.84 Å². The number of sulfone groups is 1. The van der Waals surface area contributed by atoms with Crippen molar-refractivity contribution < 1.29 is 12.8 Å². The van der Waals surface area contributed by atoms with Crippen LogP contribution in [0.5, 0.6) is 0 Å². The van der Waals surface area contributed by atoms with Crippen molar-refractivity contribution in [3.63, 3.8) is 0 Å². The van der Waals surface area contributed by atoms with E-state index in [1.165, 1.54) is 24.3 Å². The molecule has 5 heteroatoms. The Bertz CT molecular complexity index is 468. The van der Waals surface area contributed by atoms with E-state index in [2.05, 4.69) is 5.32 Å². The first-order valence-electron chi connectivity index (χ1n) is 6.08. The van der Waals surface area contributed by atoms with Crippen LogP contribution in [0.15, 0.2) is 29.2 Å². The van der Waals surface area contributed by atoms with Crippen LogP contribution in [0.1, 0.15) is 20.8 Å². The maximum Gasteiger partial charge on any atom is 0.179 e. The molecule has 0 spiro atoms. The summed E-state index contributed by atoms with van der Waals surface area (Å²) in [7, 11) is -3.37. The van der Waals surface area contributed by atoms with Gasteiger partial charge in [0.2, 0.25) is 0 Å². The van der Waals surface area contributed by atoms with Crippen LogP contribution >= 0.6 is 0 Å². The summed E-state index contributed by atoms with van der Waals surface area (Å²) in [5.41, 5.74) is 0. The quantitative estimate of drug-likeness (QED) is 0.809. The monoisotopic (exact) mass is 273 g/mol. The molecule has 0 fully saturated rings. The first kappa shape index (κ1) is 15.1. The molecule has 0 saturated carbocycles. The minimum Gasteiger partial charge on any atom is -0.313 e. The zero-order chi connectivity index (χ0) is 13.8. The third-order valence-electron chi connectivity index (χ3n) is 2.84. The molecule has 0 aromatic heterocycles. The molecule has 0 amide bonds. The van der Waals surface area contributed by atoms with Gasteiger partial charge in [0.05, 0.1) is 10.6 Å². The molecule has 18 heavy (non-hydrogen) atoms. The van der Waals surface area contributed by atoms with Crippen LogP contribution in [0.25, 0.3) is 0 Å². The highest BCUT2D eigenvalue weighted by Gasteiger charge is 2.22. The van der Waals surface area contributed by atoms with Crippen molar-refractivity contribution in [2.75, 3.05) is 12.3 Å². The normalized spacial score (nSPS) is 13.8. The van der Waals surface area contributed by atoms with E-state index in [-0.39, 0.29) is 22.6 Å². The largest absolute Gasteiger partial charge is 0.313 e. The van der Waals surface area contributed by atoms with Crippen molar-refractivity contribution in [2.45, 2.75) is 31.7 Å². The highest BCUT2D eigenvalue weighted by Crippen LogP contribution is 2.15. The SMILES string of the molecule is CCNC(CS(=O)(=O)c1ccc(F)cc1)C(C)C. The molecule has 1 atom stereocenters. The fourth-order valence-corrected chi connectivity index (χ4v) is 3.44. The second-order valence-electron chi connectivity index (χ2n) is 4.64. The Kier molecular flexibility index (Phi) is 5.28. The number of nitrogens with one attached hydrogen (secondary N) is 1. The lowest BCUT2D eigenvalue weighted by Crippen LogP contribution is -2.39. The predicted molar refractivity (Wildman–Crippen MR) is 70.8 cm³/mol. The molecule has 0 aliphatic carbocycles. The molecule has 0 aliphatic rings. The van der Waals surface area contributed by atoms with Gasteiger partial charge in [0.1, 0.15) is 5.82 Å². The molecule has 3 nitrogen and oxygen atoms in total. The molecule has 0 heterocycles. The smallest absolute Gasteiger partial charge is 0.179 e. The van der Waals surface area contributed by atoms with Crippen LogP contribution < -0.4 is 5.32 Å².